The molecule has 2 saturated carbocycles. The van der Waals surface area contributed by atoms with Crippen LogP contribution in [-0.2, 0) is 10.8 Å². The van der Waals surface area contributed by atoms with Gasteiger partial charge in [0.25, 0.3) is 0 Å². The van der Waals surface area contributed by atoms with E-state index in [4.69, 9.17) is 0 Å². The molecule has 10 aromatic rings. The highest BCUT2D eigenvalue weighted by Gasteiger charge is 2.63. The molecule has 10 aromatic carbocycles. The van der Waals surface area contributed by atoms with E-state index in [0.29, 0.717) is 24.2 Å². The van der Waals surface area contributed by atoms with E-state index in [1.807, 2.05) is 0 Å². The van der Waals surface area contributed by atoms with Crippen LogP contribution in [0.15, 0.2) is 266 Å². The van der Waals surface area contributed by atoms with E-state index in [1.54, 1.807) is 5.57 Å². The maximum atomic E-state index is 2.80. The van der Waals surface area contributed by atoms with Crippen LogP contribution in [-0.4, -0.2) is 57.9 Å². The van der Waals surface area contributed by atoms with Crippen LogP contribution in [0.25, 0.3) is 27.9 Å². The van der Waals surface area contributed by atoms with Crippen molar-refractivity contribution in [1.29, 1.82) is 0 Å². The van der Waals surface area contributed by atoms with Crippen molar-refractivity contribution in [2.24, 2.45) is 16.7 Å². The van der Waals surface area contributed by atoms with Gasteiger partial charge in [-0.15, -0.1) is 0 Å². The van der Waals surface area contributed by atoms with Crippen molar-refractivity contribution in [1.82, 2.24) is 0 Å². The highest BCUT2D eigenvalue weighted by molar-refractivity contribution is 6.05. The molecule has 2 fully saturated rings. The van der Waals surface area contributed by atoms with Crippen LogP contribution in [0.5, 0.6) is 0 Å². The summed E-state index contributed by atoms with van der Waals surface area (Å²) in [6, 6.07) is 88.7. The number of fused-ring (bicyclic) bond motifs is 6. The Labute approximate surface area is 774 Å². The summed E-state index contributed by atoms with van der Waals surface area (Å²) in [5.41, 5.74) is 38.6. The average molecular weight is 1700 g/mol. The van der Waals surface area contributed by atoms with Gasteiger partial charge < -0.3 is 24.5 Å². The Kier molecular flexibility index (Phi) is 25.5. The fraction of sp³-hybridized carbons (Fsp3) is 0.431. The zero-order chi connectivity index (χ0) is 91.9. The van der Waals surface area contributed by atoms with Crippen LogP contribution in [0.2, 0.25) is 0 Å². The van der Waals surface area contributed by atoms with E-state index < -0.39 is 0 Å². The molecule has 0 aromatic heterocycles. The molecular weight excluding hydrogens is 1550 g/mol. The largest absolute Gasteiger partial charge is 0.355 e. The van der Waals surface area contributed by atoms with Crippen LogP contribution < -0.4 is 24.5 Å². The summed E-state index contributed by atoms with van der Waals surface area (Å²) >= 11 is 0. The van der Waals surface area contributed by atoms with Crippen LogP contribution in [0.4, 0.5) is 28.4 Å². The maximum Gasteiger partial charge on any atom is 0.0625 e. The first kappa shape index (κ1) is 92.6. The van der Waals surface area contributed by atoms with Gasteiger partial charge in [0.2, 0.25) is 0 Å². The lowest BCUT2D eigenvalue weighted by Crippen LogP contribution is -2.65. The second-order valence-corrected chi connectivity index (χ2v) is 43.5. The number of hydrogen-bond acceptors (Lipinski definition) is 5. The van der Waals surface area contributed by atoms with E-state index in [-0.39, 0.29) is 55.4 Å². The Morgan fingerprint density at radius 2 is 0.664 bits per heavy atom. The molecule has 0 bridgehead atoms. The van der Waals surface area contributed by atoms with E-state index in [0.717, 1.165) is 5.92 Å². The smallest absolute Gasteiger partial charge is 0.0625 e. The molecule has 128 heavy (non-hydrogen) atoms. The van der Waals surface area contributed by atoms with Crippen LogP contribution in [0.3, 0.4) is 0 Å². The molecule has 0 saturated heterocycles. The summed E-state index contributed by atoms with van der Waals surface area (Å²) < 4.78 is 0. The normalized spacial score (nSPS) is 24.4. The van der Waals surface area contributed by atoms with Crippen molar-refractivity contribution in [2.45, 2.75) is 327 Å². The molecule has 19 rings (SSSR count). The molecule has 9 aliphatic rings. The molecule has 1 spiro atoms. The van der Waals surface area contributed by atoms with Gasteiger partial charge >= 0.3 is 0 Å². The fourth-order valence-corrected chi connectivity index (χ4v) is 25.9. The predicted octanol–water partition coefficient (Wildman–Crippen LogP) is 32.0. The van der Waals surface area contributed by atoms with E-state index >= 15 is 0 Å². The SMILES string of the molecule is Cc1cc(C)cc(C2=C(c3ccccc3)C(C)(C)N(c3ccccc3C)C2C)c1.Cc1cc(C)cc(C2=CC3(CCCCC3)N(c3ccccc3C)C2C)c1.Cc1cccc2c1N1C(C)C(C3CCCCC3)=CC1(C)C(C)(C)C2(C)C.Cc1cccc2c1N1C(C)C=CC1(C)C(C)(C)C2(C)C.Cc1ccccc1N1C(C)C(c2ccccc2)=C(c2ccccc2)C1(C)C. The minimum Gasteiger partial charge on any atom is -0.355 e. The average Bonchev–Trinajstić information content (AvgIpc) is 1.35. The van der Waals surface area contributed by atoms with E-state index in [2.05, 4.69) is 479 Å². The van der Waals surface area contributed by atoms with E-state index in [1.165, 1.54) is 210 Å². The topological polar surface area (TPSA) is 16.2 Å². The lowest BCUT2D eigenvalue weighted by Gasteiger charge is -2.62. The van der Waals surface area contributed by atoms with Gasteiger partial charge in [0, 0.05) is 51.4 Å². The van der Waals surface area contributed by atoms with Gasteiger partial charge in [0.1, 0.15) is 0 Å². The van der Waals surface area contributed by atoms with E-state index in [9.17, 15) is 0 Å². The maximum absolute atomic E-state index is 2.80. The Hall–Kier alpha value is -10.1. The molecule has 670 valence electrons. The first-order valence-electron chi connectivity index (χ1n) is 48.9. The Morgan fingerprint density at radius 3 is 1.10 bits per heavy atom. The second kappa shape index (κ2) is 35.3. The van der Waals surface area contributed by atoms with Gasteiger partial charge in [0.05, 0.1) is 45.8 Å². The van der Waals surface area contributed by atoms with Gasteiger partial charge in [-0.3, -0.25) is 0 Å². The summed E-state index contributed by atoms with van der Waals surface area (Å²) in [5.74, 6) is 0.799. The van der Waals surface area contributed by atoms with Gasteiger partial charge in [-0.2, -0.15) is 0 Å². The number of para-hydroxylation sites is 5. The Morgan fingerprint density at radius 1 is 0.297 bits per heavy atom. The molecular formula is C123H153N5. The van der Waals surface area contributed by atoms with Crippen molar-refractivity contribution in [2.75, 3.05) is 24.5 Å². The van der Waals surface area contributed by atoms with Crippen LogP contribution >= 0.6 is 0 Å². The Bertz CT molecular complexity index is 5840. The molecule has 7 aliphatic heterocycles. The van der Waals surface area contributed by atoms with Crippen molar-refractivity contribution in [3.05, 3.63) is 355 Å². The number of hydrogen-bond donors (Lipinski definition) is 0. The minimum absolute atomic E-state index is 0.0712. The number of nitrogens with zero attached hydrogens (tertiary/aromatic N) is 5. The summed E-state index contributed by atoms with van der Waals surface area (Å²) in [5, 5.41) is 0. The van der Waals surface area contributed by atoms with Crippen molar-refractivity contribution >= 4 is 56.3 Å². The Balaban J connectivity index is 0.000000124. The van der Waals surface area contributed by atoms with Gasteiger partial charge in [-0.05, 0) is 299 Å². The third-order valence-electron chi connectivity index (χ3n) is 33.9. The summed E-state index contributed by atoms with van der Waals surface area (Å²) in [7, 11) is 0. The lowest BCUT2D eigenvalue weighted by atomic mass is 9.52. The first-order valence-corrected chi connectivity index (χ1v) is 48.9. The second-order valence-electron chi connectivity index (χ2n) is 43.5. The number of benzene rings is 10. The van der Waals surface area contributed by atoms with Crippen molar-refractivity contribution in [3.8, 4) is 0 Å². The van der Waals surface area contributed by atoms with Crippen LogP contribution in [0, 0.1) is 79.1 Å². The molecule has 0 N–H and O–H groups in total. The van der Waals surface area contributed by atoms with Crippen LogP contribution in [0.1, 0.15) is 285 Å². The molecule has 7 heterocycles. The van der Waals surface area contributed by atoms with Gasteiger partial charge in [-0.1, -0.05) is 359 Å². The van der Waals surface area contributed by atoms with Crippen molar-refractivity contribution < 1.29 is 0 Å². The quantitative estimate of drug-likeness (QED) is 0.134. The van der Waals surface area contributed by atoms with Gasteiger partial charge in [0.15, 0.2) is 0 Å². The predicted molar refractivity (Wildman–Crippen MR) is 557 cm³/mol. The summed E-state index contributed by atoms with van der Waals surface area (Å²) in [6.45, 7) is 65.9. The zero-order valence-electron chi connectivity index (χ0n) is 83.6. The summed E-state index contributed by atoms with van der Waals surface area (Å²) in [6.07, 6.45) is 23.8. The standard InChI is InChI=1S/C28H31N.C26H27N.C25H37N.C25H31N.C19H27N/c1-19-16-20(2)18-24(17-19)26-22(4)29(25-15-11-10-12-21(25)3)28(5,6)27(26)23-13-8-7-9-14-23;1-19-13-11-12-18-23(19)27-20(2)24(21-14-7-5-8-15-21)25(26(27,3)4)22-16-9-6-10-17-22;1-17-12-11-15-21-22(17)26-18(2)20(19-13-9-8-10-14-19)16-25(26,7)24(5,6)23(21,3)4;1-18-14-19(2)16-22(15-18)23-17-25(12-8-5-9-13-25)26(21(23)4)24-11-7-6-10-20(24)3;1-13-9-8-10-15-16(13)20-14(2)11-12-19(20,7)18(5,6)17(15,3)4/h7-18,22H,1-6H3;5-18,20H,1-4H3;11-12,15-16,18-19H,8-10,13-14H2,1-7H3;6-7,10-11,14-17,21H,5,8-9,12-13H2,1-4H3;8-12,14H,1-7H3. The molecule has 7 atom stereocenters. The third-order valence-corrected chi connectivity index (χ3v) is 33.9. The van der Waals surface area contributed by atoms with Crippen molar-refractivity contribution in [3.63, 3.8) is 0 Å². The fourth-order valence-electron chi connectivity index (χ4n) is 25.9. The monoisotopic (exact) mass is 1700 g/mol. The number of rotatable bonds is 9. The molecule has 0 radical (unpaired) electrons. The first-order chi connectivity index (χ1) is 60.6. The molecule has 7 unspecified atom stereocenters. The summed E-state index contributed by atoms with van der Waals surface area (Å²) in [4.78, 5) is 13.4. The molecule has 2 aliphatic carbocycles. The lowest BCUT2D eigenvalue weighted by molar-refractivity contribution is 0.0983. The van der Waals surface area contributed by atoms with Gasteiger partial charge in [-0.25, -0.2) is 0 Å². The number of aryl methyl sites for hydroxylation is 9. The minimum atomic E-state index is -0.125. The zero-order valence-corrected chi connectivity index (χ0v) is 83.6. The molecule has 5 heteroatoms. The highest BCUT2D eigenvalue weighted by Crippen LogP contribution is 2.65. The third kappa shape index (κ3) is 15.8. The molecule has 0 amide bonds. The molecule has 5 nitrogen and oxygen atoms in total. The number of anilines is 5. The highest BCUT2D eigenvalue weighted by atomic mass is 15.3.